The Labute approximate surface area is 185 Å². The molecule has 3 rings (SSSR count). The average Bonchev–Trinajstić information content (AvgIpc) is 3.19. The molecule has 168 valence electrons. The van der Waals surface area contributed by atoms with Crippen LogP contribution in [0, 0.1) is 0 Å². The van der Waals surface area contributed by atoms with Crippen molar-refractivity contribution < 1.29 is 23.2 Å². The number of hydroxylamine groups is 1. The Kier molecular flexibility index (Phi) is 6.56. The highest BCUT2D eigenvalue weighted by molar-refractivity contribution is 7.92. The van der Waals surface area contributed by atoms with Crippen molar-refractivity contribution in [2.45, 2.75) is 49.8 Å². The Hall–Kier alpha value is -2.27. The van der Waals surface area contributed by atoms with Crippen LogP contribution in [-0.2, 0) is 24.2 Å². The number of nitrogens with one attached hydrogen (secondary N) is 2. The van der Waals surface area contributed by atoms with E-state index in [1.165, 1.54) is 11.3 Å². The van der Waals surface area contributed by atoms with Gasteiger partial charge in [-0.25, -0.2) is 13.9 Å². The standard InChI is InChI=1S/C21H27N3O5S2/c1-20(2,22)19(26)23-15-7-5-6-14(12-15)16-8-9-17(30-16)21(13-18(25)24-27)10-3-4-11-31(21,28)29/h5-9,12,27H,3-4,10-11,13,22H2,1-2H3,(H,23,26)(H,24,25)/t21-/m0/s1. The highest BCUT2D eigenvalue weighted by Crippen LogP contribution is 2.47. The lowest BCUT2D eigenvalue weighted by atomic mass is 9.94. The summed E-state index contributed by atoms with van der Waals surface area (Å²) in [6, 6.07) is 10.8. The van der Waals surface area contributed by atoms with Crippen LogP contribution in [0.1, 0.15) is 44.4 Å². The van der Waals surface area contributed by atoms with E-state index >= 15 is 0 Å². The van der Waals surface area contributed by atoms with Crippen molar-refractivity contribution in [1.82, 2.24) is 5.48 Å². The second-order valence-electron chi connectivity index (χ2n) is 8.40. The quantitative estimate of drug-likeness (QED) is 0.382. The molecule has 31 heavy (non-hydrogen) atoms. The van der Waals surface area contributed by atoms with Gasteiger partial charge >= 0.3 is 0 Å². The van der Waals surface area contributed by atoms with Crippen molar-refractivity contribution in [3.05, 3.63) is 41.3 Å². The number of rotatable bonds is 6. The number of carbonyl (C=O) groups is 2. The first-order valence-electron chi connectivity index (χ1n) is 9.95. The number of hydrogen-bond acceptors (Lipinski definition) is 7. The summed E-state index contributed by atoms with van der Waals surface area (Å²) in [5.74, 6) is -1.04. The Morgan fingerprint density at radius 2 is 1.97 bits per heavy atom. The molecule has 0 aliphatic carbocycles. The van der Waals surface area contributed by atoms with Crippen LogP contribution in [0.15, 0.2) is 36.4 Å². The minimum absolute atomic E-state index is 0.00926. The van der Waals surface area contributed by atoms with Crippen LogP contribution >= 0.6 is 11.3 Å². The second-order valence-corrected chi connectivity index (χ2v) is 11.9. The van der Waals surface area contributed by atoms with Gasteiger partial charge in [0, 0.05) is 15.4 Å². The van der Waals surface area contributed by atoms with E-state index in [0.717, 1.165) is 10.4 Å². The molecule has 0 bridgehead atoms. The number of thiophene rings is 1. The fourth-order valence-corrected chi connectivity index (χ4v) is 7.47. The summed E-state index contributed by atoms with van der Waals surface area (Å²) < 4.78 is 24.8. The molecule has 1 aliphatic rings. The normalized spacial score (nSPS) is 20.8. The van der Waals surface area contributed by atoms with Crippen molar-refractivity contribution in [1.29, 1.82) is 0 Å². The van der Waals surface area contributed by atoms with Crippen LogP contribution in [0.3, 0.4) is 0 Å². The second kappa shape index (κ2) is 8.70. The van der Waals surface area contributed by atoms with E-state index in [0.29, 0.717) is 29.8 Å². The van der Waals surface area contributed by atoms with Gasteiger partial charge in [-0.15, -0.1) is 11.3 Å². The van der Waals surface area contributed by atoms with Crippen molar-refractivity contribution in [2.24, 2.45) is 5.73 Å². The maximum atomic E-state index is 13.1. The molecule has 1 atom stereocenters. The number of carbonyl (C=O) groups excluding carboxylic acids is 2. The number of anilines is 1. The summed E-state index contributed by atoms with van der Waals surface area (Å²) in [6.07, 6.45) is 1.24. The SMILES string of the molecule is CC(C)(N)C(=O)Nc1cccc(-c2ccc([C@@]3(CC(=O)NO)CCCCS3(=O)=O)s2)c1. The zero-order valence-electron chi connectivity index (χ0n) is 17.5. The van der Waals surface area contributed by atoms with E-state index in [4.69, 9.17) is 10.9 Å². The summed E-state index contributed by atoms with van der Waals surface area (Å²) in [4.78, 5) is 25.5. The molecule has 0 spiro atoms. The van der Waals surface area contributed by atoms with E-state index in [1.807, 2.05) is 12.1 Å². The number of hydrogen-bond donors (Lipinski definition) is 4. The zero-order chi connectivity index (χ0) is 22.9. The highest BCUT2D eigenvalue weighted by Gasteiger charge is 2.49. The maximum Gasteiger partial charge on any atom is 0.245 e. The van der Waals surface area contributed by atoms with Crippen molar-refractivity contribution >= 4 is 38.7 Å². The van der Waals surface area contributed by atoms with E-state index in [2.05, 4.69) is 5.32 Å². The molecule has 0 radical (unpaired) electrons. The van der Waals surface area contributed by atoms with Gasteiger partial charge in [0.25, 0.3) is 0 Å². The number of amides is 2. The third-order valence-electron chi connectivity index (χ3n) is 5.46. The summed E-state index contributed by atoms with van der Waals surface area (Å²) >= 11 is 1.30. The fraction of sp³-hybridized carbons (Fsp3) is 0.429. The summed E-state index contributed by atoms with van der Waals surface area (Å²) in [5, 5.41) is 11.8. The molecular weight excluding hydrogens is 438 g/mol. The predicted molar refractivity (Wildman–Crippen MR) is 121 cm³/mol. The summed E-state index contributed by atoms with van der Waals surface area (Å²) in [7, 11) is -3.59. The molecule has 1 aromatic carbocycles. The van der Waals surface area contributed by atoms with Crippen LogP contribution in [0.5, 0.6) is 0 Å². The molecule has 2 heterocycles. The molecule has 8 nitrogen and oxygen atoms in total. The maximum absolute atomic E-state index is 13.1. The zero-order valence-corrected chi connectivity index (χ0v) is 19.1. The van der Waals surface area contributed by atoms with E-state index in [1.54, 1.807) is 43.6 Å². The highest BCUT2D eigenvalue weighted by atomic mass is 32.2. The van der Waals surface area contributed by atoms with Gasteiger partial charge in [0.2, 0.25) is 11.8 Å². The smallest absolute Gasteiger partial charge is 0.245 e. The first kappa shape index (κ1) is 23.4. The predicted octanol–water partition coefficient (Wildman–Crippen LogP) is 2.78. The van der Waals surface area contributed by atoms with Gasteiger partial charge < -0.3 is 11.1 Å². The number of sulfone groups is 1. The minimum Gasteiger partial charge on any atom is -0.324 e. The molecule has 2 amide bonds. The molecule has 1 saturated heterocycles. The topological polar surface area (TPSA) is 139 Å². The van der Waals surface area contributed by atoms with E-state index in [-0.39, 0.29) is 18.1 Å². The summed E-state index contributed by atoms with van der Waals surface area (Å²) in [6.45, 7) is 3.23. The van der Waals surface area contributed by atoms with Gasteiger partial charge in [-0.05, 0) is 56.5 Å². The van der Waals surface area contributed by atoms with Crippen LogP contribution in [0.2, 0.25) is 0 Å². The van der Waals surface area contributed by atoms with Gasteiger partial charge in [-0.2, -0.15) is 0 Å². The number of nitrogens with two attached hydrogens (primary N) is 1. The van der Waals surface area contributed by atoms with Crippen molar-refractivity contribution in [2.75, 3.05) is 11.1 Å². The van der Waals surface area contributed by atoms with Gasteiger partial charge in [0.15, 0.2) is 9.84 Å². The van der Waals surface area contributed by atoms with Gasteiger partial charge in [-0.1, -0.05) is 18.6 Å². The monoisotopic (exact) mass is 465 g/mol. The summed E-state index contributed by atoms with van der Waals surface area (Å²) in [5.41, 5.74) is 7.76. The van der Waals surface area contributed by atoms with Crippen molar-refractivity contribution in [3.8, 4) is 10.4 Å². The van der Waals surface area contributed by atoms with Crippen molar-refractivity contribution in [3.63, 3.8) is 0 Å². The molecule has 5 N–H and O–H groups in total. The fourth-order valence-electron chi connectivity index (χ4n) is 3.69. The molecule has 0 saturated carbocycles. The molecule has 1 fully saturated rings. The molecule has 1 aliphatic heterocycles. The van der Waals surface area contributed by atoms with Crippen LogP contribution in [0.25, 0.3) is 10.4 Å². The first-order valence-corrected chi connectivity index (χ1v) is 12.4. The van der Waals surface area contributed by atoms with Crippen LogP contribution in [-0.4, -0.2) is 36.7 Å². The van der Waals surface area contributed by atoms with E-state index < -0.39 is 26.0 Å². The average molecular weight is 466 g/mol. The van der Waals surface area contributed by atoms with Gasteiger partial charge in [-0.3, -0.25) is 14.8 Å². The Morgan fingerprint density at radius 1 is 1.23 bits per heavy atom. The molecular formula is C21H27N3O5S2. The third-order valence-corrected chi connectivity index (χ3v) is 9.51. The van der Waals surface area contributed by atoms with Gasteiger partial charge in [0.1, 0.15) is 4.75 Å². The molecule has 10 heteroatoms. The first-order chi connectivity index (χ1) is 14.5. The minimum atomic E-state index is -3.59. The van der Waals surface area contributed by atoms with E-state index in [9.17, 15) is 18.0 Å². The molecule has 1 aromatic heterocycles. The lowest BCUT2D eigenvalue weighted by Crippen LogP contribution is -2.45. The third kappa shape index (κ3) is 4.82. The largest absolute Gasteiger partial charge is 0.324 e. The lowest BCUT2D eigenvalue weighted by Gasteiger charge is -2.35. The van der Waals surface area contributed by atoms with Gasteiger partial charge in [0.05, 0.1) is 17.7 Å². The van der Waals surface area contributed by atoms with Crippen LogP contribution < -0.4 is 16.5 Å². The van der Waals surface area contributed by atoms with Crippen LogP contribution in [0.4, 0.5) is 5.69 Å². The Balaban J connectivity index is 1.97. The number of benzene rings is 1. The molecule has 2 aromatic rings. The molecule has 0 unspecified atom stereocenters. The lowest BCUT2D eigenvalue weighted by molar-refractivity contribution is -0.130. The Bertz CT molecular complexity index is 1090. The Morgan fingerprint density at radius 3 is 2.61 bits per heavy atom.